The number of nitrogens with one attached hydrogen (secondary N) is 1. The van der Waals surface area contributed by atoms with Gasteiger partial charge in [-0.05, 0) is 20.1 Å². The Bertz CT molecular complexity index is 769. The maximum Gasteiger partial charge on any atom is 0.325 e. The van der Waals surface area contributed by atoms with E-state index in [1.165, 1.54) is 18.7 Å². The van der Waals surface area contributed by atoms with E-state index in [4.69, 9.17) is 5.11 Å². The van der Waals surface area contributed by atoms with Crippen molar-refractivity contribution in [1.82, 2.24) is 9.97 Å². The van der Waals surface area contributed by atoms with Gasteiger partial charge in [-0.1, -0.05) is 41.6 Å². The van der Waals surface area contributed by atoms with Gasteiger partial charge in [-0.15, -0.1) is 0 Å². The minimum Gasteiger partial charge on any atom is -0.480 e. The van der Waals surface area contributed by atoms with Crippen LogP contribution in [-0.2, 0) is 4.79 Å². The van der Waals surface area contributed by atoms with Crippen LogP contribution in [0.2, 0.25) is 0 Å². The molecule has 1 aromatic carbocycles. The molecule has 2 aromatic rings. The van der Waals surface area contributed by atoms with Gasteiger partial charge in [0, 0.05) is 5.56 Å². The molecule has 0 bridgehead atoms. The predicted molar refractivity (Wildman–Crippen MR) is 89.4 cm³/mol. The van der Waals surface area contributed by atoms with Crippen molar-refractivity contribution >= 4 is 23.5 Å². The van der Waals surface area contributed by atoms with E-state index in [9.17, 15) is 10.1 Å². The van der Waals surface area contributed by atoms with Crippen LogP contribution < -0.4 is 5.32 Å². The highest BCUT2D eigenvalue weighted by atomic mass is 32.2. The fourth-order valence-corrected chi connectivity index (χ4v) is 2.29. The van der Waals surface area contributed by atoms with Crippen LogP contribution >= 0.6 is 11.8 Å². The number of hydrogen-bond donors (Lipinski definition) is 2. The molecule has 0 spiro atoms. The lowest BCUT2D eigenvalue weighted by Gasteiger charge is -2.14. The third-order valence-electron chi connectivity index (χ3n) is 3.23. The van der Waals surface area contributed by atoms with Gasteiger partial charge >= 0.3 is 5.97 Å². The Balaban J connectivity index is 2.59. The van der Waals surface area contributed by atoms with E-state index >= 15 is 0 Å². The van der Waals surface area contributed by atoms with E-state index in [1.807, 2.05) is 37.4 Å². The molecule has 7 heteroatoms. The van der Waals surface area contributed by atoms with E-state index < -0.39 is 12.0 Å². The number of carboxylic acid groups (broad SMARTS) is 1. The number of thioether (sulfide) groups is 1. The van der Waals surface area contributed by atoms with Gasteiger partial charge in [0.25, 0.3) is 0 Å². The molecule has 23 heavy (non-hydrogen) atoms. The Hall–Kier alpha value is -2.59. The summed E-state index contributed by atoms with van der Waals surface area (Å²) >= 11 is 1.33. The fraction of sp³-hybridized carbons (Fsp3) is 0.250. The Morgan fingerprint density at radius 1 is 1.35 bits per heavy atom. The summed E-state index contributed by atoms with van der Waals surface area (Å²) in [6.45, 7) is 3.47. The Morgan fingerprint density at radius 2 is 2.00 bits per heavy atom. The van der Waals surface area contributed by atoms with Crippen LogP contribution in [0.1, 0.15) is 18.1 Å². The first-order valence-corrected chi connectivity index (χ1v) is 8.11. The summed E-state index contributed by atoms with van der Waals surface area (Å²) in [5.41, 5.74) is 2.62. The second-order valence-electron chi connectivity index (χ2n) is 4.96. The first-order valence-electron chi connectivity index (χ1n) is 6.88. The average Bonchev–Trinajstić information content (AvgIpc) is 2.54. The van der Waals surface area contributed by atoms with E-state index in [2.05, 4.69) is 21.4 Å². The maximum absolute atomic E-state index is 11.1. The quantitative estimate of drug-likeness (QED) is 0.643. The molecule has 0 aliphatic heterocycles. The number of aromatic nitrogens is 2. The topological polar surface area (TPSA) is 98.9 Å². The number of benzene rings is 1. The number of carbonyl (C=O) groups is 1. The standard InChI is InChI=1S/C16H16N4O2S/c1-9-4-6-11(7-5-9)13-12(8-17)14(18-10(2)15(21)22)20-16(19-13)23-3/h4-7,10H,1-3H3,(H,21,22)(H,18,19,20). The minimum absolute atomic E-state index is 0.234. The van der Waals surface area contributed by atoms with Crippen molar-refractivity contribution in [3.05, 3.63) is 35.4 Å². The van der Waals surface area contributed by atoms with Gasteiger partial charge in [0.1, 0.15) is 23.5 Å². The summed E-state index contributed by atoms with van der Waals surface area (Å²) < 4.78 is 0. The molecule has 1 unspecified atom stereocenters. The normalized spacial score (nSPS) is 11.6. The van der Waals surface area contributed by atoms with Crippen molar-refractivity contribution < 1.29 is 9.90 Å². The van der Waals surface area contributed by atoms with Crippen LogP contribution in [0.15, 0.2) is 29.4 Å². The van der Waals surface area contributed by atoms with Crippen LogP contribution in [0.4, 0.5) is 5.82 Å². The summed E-state index contributed by atoms with van der Waals surface area (Å²) in [5, 5.41) is 21.8. The van der Waals surface area contributed by atoms with E-state index in [0.29, 0.717) is 10.9 Å². The number of nitrogens with zero attached hydrogens (tertiary/aromatic N) is 3. The molecule has 0 saturated carbocycles. The molecule has 0 aliphatic rings. The second kappa shape index (κ2) is 7.11. The van der Waals surface area contributed by atoms with E-state index in [0.717, 1.165) is 11.1 Å². The molecule has 0 amide bonds. The van der Waals surface area contributed by atoms with Crippen molar-refractivity contribution in [1.29, 1.82) is 5.26 Å². The van der Waals surface area contributed by atoms with Gasteiger partial charge in [-0.2, -0.15) is 5.26 Å². The fourth-order valence-electron chi connectivity index (χ4n) is 1.93. The van der Waals surface area contributed by atoms with Crippen LogP contribution in [0, 0.1) is 18.3 Å². The number of carboxylic acids is 1. The smallest absolute Gasteiger partial charge is 0.325 e. The van der Waals surface area contributed by atoms with Crippen molar-refractivity contribution in [2.24, 2.45) is 0 Å². The van der Waals surface area contributed by atoms with Crippen molar-refractivity contribution in [3.63, 3.8) is 0 Å². The molecule has 1 aromatic heterocycles. The number of aryl methyl sites for hydroxylation is 1. The number of rotatable bonds is 5. The molecule has 0 saturated heterocycles. The molecule has 0 aliphatic carbocycles. The number of nitriles is 1. The first-order chi connectivity index (χ1) is 11.0. The van der Waals surface area contributed by atoms with Gasteiger partial charge in [-0.25, -0.2) is 9.97 Å². The molecule has 0 fully saturated rings. The van der Waals surface area contributed by atoms with Gasteiger partial charge < -0.3 is 10.4 Å². The number of aliphatic carboxylic acids is 1. The van der Waals surface area contributed by atoms with Gasteiger partial charge in [0.2, 0.25) is 0 Å². The van der Waals surface area contributed by atoms with Crippen LogP contribution in [-0.4, -0.2) is 33.3 Å². The molecule has 2 rings (SSSR count). The largest absolute Gasteiger partial charge is 0.480 e. The molecule has 118 valence electrons. The molecule has 0 radical (unpaired) electrons. The summed E-state index contributed by atoms with van der Waals surface area (Å²) in [4.78, 5) is 19.7. The zero-order valence-electron chi connectivity index (χ0n) is 13.0. The number of hydrogen-bond acceptors (Lipinski definition) is 6. The molecule has 1 heterocycles. The third-order valence-corrected chi connectivity index (χ3v) is 3.78. The van der Waals surface area contributed by atoms with Crippen molar-refractivity contribution in [2.45, 2.75) is 25.0 Å². The zero-order chi connectivity index (χ0) is 17.0. The lowest BCUT2D eigenvalue weighted by molar-refractivity contribution is -0.137. The van der Waals surface area contributed by atoms with Gasteiger partial charge in [-0.3, -0.25) is 4.79 Å². The maximum atomic E-state index is 11.1. The first kappa shape index (κ1) is 16.8. The highest BCUT2D eigenvalue weighted by molar-refractivity contribution is 7.98. The van der Waals surface area contributed by atoms with Gasteiger partial charge in [0.15, 0.2) is 5.16 Å². The lowest BCUT2D eigenvalue weighted by Crippen LogP contribution is -2.26. The lowest BCUT2D eigenvalue weighted by atomic mass is 10.1. The summed E-state index contributed by atoms with van der Waals surface area (Å²) in [6, 6.07) is 8.85. The van der Waals surface area contributed by atoms with E-state index in [1.54, 1.807) is 0 Å². The van der Waals surface area contributed by atoms with Gasteiger partial charge in [0.05, 0.1) is 5.69 Å². The molecule has 2 N–H and O–H groups in total. The van der Waals surface area contributed by atoms with Crippen molar-refractivity contribution in [3.8, 4) is 17.3 Å². The van der Waals surface area contributed by atoms with Crippen LogP contribution in [0.25, 0.3) is 11.3 Å². The molecule has 1 atom stereocenters. The third kappa shape index (κ3) is 3.79. The van der Waals surface area contributed by atoms with Crippen LogP contribution in [0.5, 0.6) is 0 Å². The van der Waals surface area contributed by atoms with E-state index in [-0.39, 0.29) is 11.4 Å². The SMILES string of the molecule is CSc1nc(NC(C)C(=O)O)c(C#N)c(-c2ccc(C)cc2)n1. The predicted octanol–water partition coefficient (Wildman–Crippen LogP) is 2.93. The second-order valence-corrected chi connectivity index (χ2v) is 5.74. The highest BCUT2D eigenvalue weighted by Crippen LogP contribution is 2.28. The molecule has 6 nitrogen and oxygen atoms in total. The highest BCUT2D eigenvalue weighted by Gasteiger charge is 2.19. The summed E-state index contributed by atoms with van der Waals surface area (Å²) in [6.07, 6.45) is 1.82. The Labute approximate surface area is 138 Å². The number of anilines is 1. The van der Waals surface area contributed by atoms with Crippen molar-refractivity contribution in [2.75, 3.05) is 11.6 Å². The molecular formula is C16H16N4O2S. The Morgan fingerprint density at radius 3 is 2.52 bits per heavy atom. The molecular weight excluding hydrogens is 312 g/mol. The Kier molecular flexibility index (Phi) is 5.19. The monoisotopic (exact) mass is 328 g/mol. The minimum atomic E-state index is -1.02. The summed E-state index contributed by atoms with van der Waals surface area (Å²) in [7, 11) is 0. The zero-order valence-corrected chi connectivity index (χ0v) is 13.8. The summed E-state index contributed by atoms with van der Waals surface area (Å²) in [5.74, 6) is -0.785. The average molecular weight is 328 g/mol. The van der Waals surface area contributed by atoms with Crippen LogP contribution in [0.3, 0.4) is 0 Å².